The highest BCUT2D eigenvalue weighted by atomic mass is 16.5. The van der Waals surface area contributed by atoms with Gasteiger partial charge in [0.2, 0.25) is 5.91 Å². The van der Waals surface area contributed by atoms with E-state index in [1.54, 1.807) is 26.1 Å². The highest BCUT2D eigenvalue weighted by Gasteiger charge is 2.70. The third kappa shape index (κ3) is 5.85. The zero-order chi connectivity index (χ0) is 39.3. The van der Waals surface area contributed by atoms with Gasteiger partial charge in [0.25, 0.3) is 0 Å². The molecular formula is C46H64N2O6. The summed E-state index contributed by atoms with van der Waals surface area (Å²) >= 11 is 0. The molecule has 0 bridgehead atoms. The van der Waals surface area contributed by atoms with Crippen LogP contribution in [0, 0.1) is 56.2 Å². The molecule has 8 atom stereocenters. The Kier molecular flexibility index (Phi) is 9.29. The largest absolute Gasteiger partial charge is 0.481 e. The van der Waals surface area contributed by atoms with Gasteiger partial charge in [-0.1, -0.05) is 60.6 Å². The van der Waals surface area contributed by atoms with Crippen LogP contribution < -0.4 is 5.32 Å². The quantitative estimate of drug-likeness (QED) is 0.191. The first kappa shape index (κ1) is 39.0. The number of ether oxygens (including phenoxy) is 1. The summed E-state index contributed by atoms with van der Waals surface area (Å²) in [6, 6.07) is 5.85. The summed E-state index contributed by atoms with van der Waals surface area (Å²) in [5.41, 5.74) is 1.13. The van der Waals surface area contributed by atoms with Gasteiger partial charge >= 0.3 is 11.9 Å². The van der Waals surface area contributed by atoms with Gasteiger partial charge in [0.15, 0.2) is 5.78 Å². The maximum atomic E-state index is 14.1. The molecule has 0 aliphatic heterocycles. The fourth-order valence-corrected chi connectivity index (χ4v) is 13.4. The number of carboxylic acids is 1. The van der Waals surface area contributed by atoms with Crippen molar-refractivity contribution in [2.75, 3.05) is 0 Å². The first-order valence-corrected chi connectivity index (χ1v) is 20.8. The van der Waals surface area contributed by atoms with Crippen molar-refractivity contribution in [2.45, 2.75) is 151 Å². The summed E-state index contributed by atoms with van der Waals surface area (Å²) in [6.07, 6.45) is 15.4. The highest BCUT2D eigenvalue weighted by molar-refractivity contribution is 6.01. The molecule has 5 fully saturated rings. The maximum Gasteiger partial charge on any atom is 0.309 e. The SMILES string of the molecule is CC(C)C1=C2[C@H]3CC[C@@H]4[C@@]5(C)CC[C@H](OC(=O)CC(C)(C)C(=O)O)C(C)(C)C5CC[C@@]4(C)[C@]3(C)CC[C@@]2(/C=C/C(=O)NC2(c3ccccn3)CC2)CC1=O. The number of aromatic nitrogens is 1. The van der Waals surface area contributed by atoms with E-state index in [2.05, 4.69) is 64.8 Å². The molecule has 8 heteroatoms. The Morgan fingerprint density at radius 3 is 2.30 bits per heavy atom. The van der Waals surface area contributed by atoms with E-state index in [9.17, 15) is 24.3 Å². The first-order valence-electron chi connectivity index (χ1n) is 20.8. The summed E-state index contributed by atoms with van der Waals surface area (Å²) in [5, 5.41) is 12.9. The molecule has 1 aromatic heterocycles. The fourth-order valence-electron chi connectivity index (χ4n) is 13.4. The number of carbonyl (C=O) groups is 4. The van der Waals surface area contributed by atoms with E-state index < -0.39 is 28.3 Å². The van der Waals surface area contributed by atoms with E-state index in [0.29, 0.717) is 18.3 Å². The van der Waals surface area contributed by atoms with Crippen LogP contribution in [0.15, 0.2) is 47.7 Å². The number of pyridine rings is 1. The molecule has 0 saturated heterocycles. The van der Waals surface area contributed by atoms with Crippen molar-refractivity contribution in [3.63, 3.8) is 0 Å². The molecule has 54 heavy (non-hydrogen) atoms. The third-order valence-electron chi connectivity index (χ3n) is 16.7. The molecule has 8 nitrogen and oxygen atoms in total. The van der Waals surface area contributed by atoms with Crippen LogP contribution in [0.2, 0.25) is 0 Å². The molecule has 6 aliphatic rings. The second kappa shape index (κ2) is 12.9. The Labute approximate surface area is 322 Å². The number of nitrogens with one attached hydrogen (secondary N) is 1. The van der Waals surface area contributed by atoms with Crippen LogP contribution in [0.5, 0.6) is 0 Å². The Hall–Kier alpha value is -3.29. The zero-order valence-electron chi connectivity index (χ0n) is 34.3. The Morgan fingerprint density at radius 2 is 1.67 bits per heavy atom. The number of fused-ring (bicyclic) bond motifs is 7. The molecule has 5 saturated carbocycles. The molecule has 0 spiro atoms. The van der Waals surface area contributed by atoms with Crippen molar-refractivity contribution in [3.05, 3.63) is 53.4 Å². The number of hydrogen-bond acceptors (Lipinski definition) is 6. The number of esters is 1. The van der Waals surface area contributed by atoms with E-state index in [0.717, 1.165) is 75.5 Å². The van der Waals surface area contributed by atoms with Gasteiger partial charge in [-0.2, -0.15) is 0 Å². The summed E-state index contributed by atoms with van der Waals surface area (Å²) in [4.78, 5) is 57.1. The van der Waals surface area contributed by atoms with Crippen molar-refractivity contribution in [2.24, 2.45) is 56.2 Å². The number of allylic oxidation sites excluding steroid dienone is 3. The molecule has 1 unspecified atom stereocenters. The van der Waals surface area contributed by atoms with Gasteiger partial charge in [-0.25, -0.2) is 0 Å². The fraction of sp³-hybridized carbons (Fsp3) is 0.717. The van der Waals surface area contributed by atoms with Crippen molar-refractivity contribution < 1.29 is 29.0 Å². The lowest BCUT2D eigenvalue weighted by Crippen LogP contribution is -2.65. The van der Waals surface area contributed by atoms with Crippen molar-refractivity contribution >= 4 is 23.6 Å². The van der Waals surface area contributed by atoms with Gasteiger partial charge in [-0.3, -0.25) is 24.2 Å². The van der Waals surface area contributed by atoms with Crippen molar-refractivity contribution in [1.29, 1.82) is 0 Å². The first-order chi connectivity index (χ1) is 25.2. The minimum absolute atomic E-state index is 0.00346. The average molecular weight is 741 g/mol. The number of nitrogens with zero attached hydrogens (tertiary/aromatic N) is 1. The van der Waals surface area contributed by atoms with Crippen LogP contribution in [0.25, 0.3) is 0 Å². The molecule has 294 valence electrons. The number of carbonyl (C=O) groups excluding carboxylic acids is 3. The Morgan fingerprint density at radius 1 is 0.944 bits per heavy atom. The molecular weight excluding hydrogens is 677 g/mol. The van der Waals surface area contributed by atoms with Gasteiger partial charge in [0.1, 0.15) is 6.10 Å². The monoisotopic (exact) mass is 740 g/mol. The summed E-state index contributed by atoms with van der Waals surface area (Å²) in [6.45, 7) is 19.6. The van der Waals surface area contributed by atoms with Crippen LogP contribution in [0.1, 0.15) is 145 Å². The van der Waals surface area contributed by atoms with E-state index in [4.69, 9.17) is 4.74 Å². The topological polar surface area (TPSA) is 123 Å². The summed E-state index contributed by atoms with van der Waals surface area (Å²) in [7, 11) is 0. The normalized spacial score (nSPS) is 37.9. The third-order valence-corrected chi connectivity index (χ3v) is 16.7. The predicted molar refractivity (Wildman–Crippen MR) is 208 cm³/mol. The average Bonchev–Trinajstić information content (AvgIpc) is 3.80. The van der Waals surface area contributed by atoms with Crippen LogP contribution in [-0.2, 0) is 29.5 Å². The van der Waals surface area contributed by atoms with Crippen LogP contribution >= 0.6 is 0 Å². The van der Waals surface area contributed by atoms with Crippen LogP contribution in [0.4, 0.5) is 0 Å². The van der Waals surface area contributed by atoms with Gasteiger partial charge < -0.3 is 15.2 Å². The smallest absolute Gasteiger partial charge is 0.309 e. The zero-order valence-corrected chi connectivity index (χ0v) is 34.3. The Balaban J connectivity index is 1.15. The van der Waals surface area contributed by atoms with E-state index in [1.165, 1.54) is 5.57 Å². The molecule has 0 aromatic carbocycles. The van der Waals surface area contributed by atoms with Crippen LogP contribution in [-0.4, -0.2) is 39.8 Å². The molecule has 1 aromatic rings. The molecule has 7 rings (SSSR count). The van der Waals surface area contributed by atoms with Gasteiger partial charge in [0.05, 0.1) is 23.1 Å². The highest BCUT2D eigenvalue weighted by Crippen LogP contribution is 2.77. The standard InChI is InChI=1S/C46H64N2O6/c1-28(2)37-30(49)26-45(20-17-35(50)48-46(23-24-46)33-12-10-11-25-47-33)22-21-43(8)29(38(37)45)13-14-32-42(7)18-16-34(54-36(51)27-40(3,4)39(52)53)41(5,6)31(42)15-19-44(32,43)9/h10-12,17,20,25,28-29,31-32,34H,13-16,18-19,21-24,26-27H2,1-9H3,(H,48,50)(H,52,53)/b20-17+/t29-,31?,32-,34+,42+,43-,44-,45+/m1/s1. The van der Waals surface area contributed by atoms with Crippen molar-refractivity contribution in [1.82, 2.24) is 10.3 Å². The minimum atomic E-state index is -1.17. The number of ketones is 1. The maximum absolute atomic E-state index is 14.1. The van der Waals surface area contributed by atoms with Crippen molar-refractivity contribution in [3.8, 4) is 0 Å². The van der Waals surface area contributed by atoms with E-state index >= 15 is 0 Å². The number of aliphatic carboxylic acids is 1. The molecule has 2 N–H and O–H groups in total. The molecule has 0 radical (unpaired) electrons. The van der Waals surface area contributed by atoms with Gasteiger partial charge in [-0.15, -0.1) is 0 Å². The van der Waals surface area contributed by atoms with Gasteiger partial charge in [0, 0.05) is 23.4 Å². The summed E-state index contributed by atoms with van der Waals surface area (Å²) in [5.74, 6) is -0.0170. The minimum Gasteiger partial charge on any atom is -0.481 e. The second-order valence-electron chi connectivity index (χ2n) is 20.7. The second-order valence-corrected chi connectivity index (χ2v) is 20.7. The number of Topliss-reactive ketones (excluding diaryl/α,β-unsaturated/α-hetero) is 1. The summed E-state index contributed by atoms with van der Waals surface area (Å²) < 4.78 is 6.17. The number of amides is 1. The van der Waals surface area contributed by atoms with Gasteiger partial charge in [-0.05, 0) is 147 Å². The number of hydrogen-bond donors (Lipinski definition) is 2. The molecule has 6 aliphatic carbocycles. The number of rotatable bonds is 9. The predicted octanol–water partition coefficient (Wildman–Crippen LogP) is 9.14. The number of carboxylic acid groups (broad SMARTS) is 1. The van der Waals surface area contributed by atoms with E-state index in [1.807, 2.05) is 18.2 Å². The molecule has 1 amide bonds. The Bertz CT molecular complexity index is 1790. The van der Waals surface area contributed by atoms with E-state index in [-0.39, 0.29) is 57.7 Å². The lowest BCUT2D eigenvalue weighted by molar-refractivity contribution is -0.232. The van der Waals surface area contributed by atoms with Crippen LogP contribution in [0.3, 0.4) is 0 Å². The lowest BCUT2D eigenvalue weighted by atomic mass is 9.33. The molecule has 1 heterocycles. The lowest BCUT2D eigenvalue weighted by Gasteiger charge is -2.72.